The van der Waals surface area contributed by atoms with Crippen molar-refractivity contribution in [2.24, 2.45) is 0 Å². The fourth-order valence-electron chi connectivity index (χ4n) is 4.39. The van der Waals surface area contributed by atoms with Gasteiger partial charge in [0, 0.05) is 18.8 Å². The molecule has 0 aromatic heterocycles. The van der Waals surface area contributed by atoms with Crippen LogP contribution in [-0.2, 0) is 26.6 Å². The van der Waals surface area contributed by atoms with E-state index in [2.05, 4.69) is 5.32 Å². The number of carbonyl (C=O) groups excluding carboxylic acids is 1. The second-order valence-corrected chi connectivity index (χ2v) is 13.2. The Kier molecular flexibility index (Phi) is 9.27. The smallest absolute Gasteiger partial charge is 0.264 e. The van der Waals surface area contributed by atoms with E-state index >= 15 is 0 Å². The van der Waals surface area contributed by atoms with Gasteiger partial charge in [-0.25, -0.2) is 16.8 Å². The summed E-state index contributed by atoms with van der Waals surface area (Å²) in [7, 11) is -7.70. The molecule has 0 fully saturated rings. The molecule has 1 N–H and O–H groups in total. The molecule has 0 radical (unpaired) electrons. The van der Waals surface area contributed by atoms with Crippen molar-refractivity contribution in [2.75, 3.05) is 22.7 Å². The second kappa shape index (κ2) is 12.7. The highest BCUT2D eigenvalue weighted by Gasteiger charge is 2.29. The lowest BCUT2D eigenvalue weighted by atomic mass is 10.1. The lowest BCUT2D eigenvalue weighted by Crippen LogP contribution is -2.32. The molecule has 0 saturated carbocycles. The molecule has 41 heavy (non-hydrogen) atoms. The van der Waals surface area contributed by atoms with Crippen molar-refractivity contribution in [3.8, 4) is 0 Å². The molecule has 8 nitrogen and oxygen atoms in total. The summed E-state index contributed by atoms with van der Waals surface area (Å²) in [5.74, 6) is -0.530. The molecule has 0 atom stereocenters. The summed E-state index contributed by atoms with van der Waals surface area (Å²) in [5, 5.41) is 2.78. The number of hydrogen-bond acceptors (Lipinski definition) is 5. The van der Waals surface area contributed by atoms with Crippen molar-refractivity contribution in [3.05, 3.63) is 120 Å². The summed E-state index contributed by atoms with van der Waals surface area (Å²) in [5.41, 5.74) is 2.42. The van der Waals surface area contributed by atoms with Gasteiger partial charge in [-0.05, 0) is 61.0 Å². The second-order valence-electron chi connectivity index (χ2n) is 9.40. The number of anilines is 2. The van der Waals surface area contributed by atoms with E-state index in [1.54, 1.807) is 62.4 Å². The largest absolute Gasteiger partial charge is 0.322 e. The van der Waals surface area contributed by atoms with Crippen LogP contribution in [0.2, 0.25) is 0 Å². The first kappa shape index (κ1) is 30.0. The number of aryl methyl sites for hydroxylation is 1. The van der Waals surface area contributed by atoms with E-state index in [1.807, 2.05) is 37.3 Å². The Bertz CT molecular complexity index is 1700. The average Bonchev–Trinajstić information content (AvgIpc) is 2.97. The molecule has 0 unspecified atom stereocenters. The van der Waals surface area contributed by atoms with Crippen LogP contribution in [0.15, 0.2) is 113 Å². The van der Waals surface area contributed by atoms with Crippen LogP contribution >= 0.6 is 0 Å². The monoisotopic (exact) mass is 591 g/mol. The van der Waals surface area contributed by atoms with Crippen molar-refractivity contribution in [1.82, 2.24) is 4.31 Å². The SMILES string of the molecule is CCN(CC)S(=O)(=O)c1ccc(NC(=O)c2ccccc2N(Cc2ccccc2)S(=O)(=O)c2ccc(C)cc2)cc1. The Hall–Kier alpha value is -3.99. The Morgan fingerprint density at radius 3 is 1.83 bits per heavy atom. The number of sulfonamides is 2. The predicted molar refractivity (Wildman–Crippen MR) is 162 cm³/mol. The van der Waals surface area contributed by atoms with Gasteiger partial charge in [0.1, 0.15) is 0 Å². The lowest BCUT2D eigenvalue weighted by molar-refractivity contribution is 0.102. The summed E-state index contributed by atoms with van der Waals surface area (Å²) in [4.78, 5) is 13.8. The molecule has 4 aromatic rings. The maximum Gasteiger partial charge on any atom is 0.264 e. The van der Waals surface area contributed by atoms with E-state index in [0.717, 1.165) is 11.1 Å². The van der Waals surface area contributed by atoms with Crippen LogP contribution in [0.5, 0.6) is 0 Å². The van der Waals surface area contributed by atoms with Gasteiger partial charge in [-0.15, -0.1) is 0 Å². The van der Waals surface area contributed by atoms with Crippen LogP contribution in [0, 0.1) is 6.92 Å². The minimum atomic E-state index is -4.05. The highest BCUT2D eigenvalue weighted by atomic mass is 32.2. The molecule has 4 aromatic carbocycles. The maximum absolute atomic E-state index is 14.0. The molecular formula is C31H33N3O5S2. The van der Waals surface area contributed by atoms with Crippen molar-refractivity contribution in [2.45, 2.75) is 37.1 Å². The molecule has 0 aliphatic rings. The fraction of sp³-hybridized carbons (Fsp3) is 0.194. The van der Waals surface area contributed by atoms with Gasteiger partial charge in [-0.2, -0.15) is 4.31 Å². The zero-order valence-corrected chi connectivity index (χ0v) is 24.8. The van der Waals surface area contributed by atoms with E-state index in [9.17, 15) is 21.6 Å². The quantitative estimate of drug-likeness (QED) is 0.242. The van der Waals surface area contributed by atoms with E-state index in [0.29, 0.717) is 18.8 Å². The lowest BCUT2D eigenvalue weighted by Gasteiger charge is -2.27. The summed E-state index contributed by atoms with van der Waals surface area (Å²) in [6.07, 6.45) is 0. The minimum Gasteiger partial charge on any atom is -0.322 e. The first-order valence-electron chi connectivity index (χ1n) is 13.2. The van der Waals surface area contributed by atoms with Gasteiger partial charge in [-0.3, -0.25) is 9.10 Å². The third kappa shape index (κ3) is 6.67. The Balaban J connectivity index is 1.69. The van der Waals surface area contributed by atoms with Crippen molar-refractivity contribution >= 4 is 37.3 Å². The Labute approximate surface area is 242 Å². The zero-order chi connectivity index (χ0) is 29.6. The molecule has 0 aliphatic heterocycles. The first-order valence-corrected chi connectivity index (χ1v) is 16.1. The molecule has 214 valence electrons. The van der Waals surface area contributed by atoms with E-state index in [-0.39, 0.29) is 27.6 Å². The van der Waals surface area contributed by atoms with Crippen molar-refractivity contribution in [3.63, 3.8) is 0 Å². The Morgan fingerprint density at radius 2 is 1.22 bits per heavy atom. The van der Waals surface area contributed by atoms with Gasteiger partial charge in [0.05, 0.1) is 27.6 Å². The number of carbonyl (C=O) groups is 1. The van der Waals surface area contributed by atoms with Gasteiger partial charge in [0.2, 0.25) is 10.0 Å². The van der Waals surface area contributed by atoms with E-state index in [4.69, 9.17) is 0 Å². The number of rotatable bonds is 11. The van der Waals surface area contributed by atoms with Crippen LogP contribution < -0.4 is 9.62 Å². The number of nitrogens with one attached hydrogen (secondary N) is 1. The molecule has 0 spiro atoms. The normalized spacial score (nSPS) is 11.8. The van der Waals surface area contributed by atoms with Gasteiger partial charge >= 0.3 is 0 Å². The topological polar surface area (TPSA) is 104 Å². The summed E-state index contributed by atoms with van der Waals surface area (Å²) < 4.78 is 56.1. The summed E-state index contributed by atoms with van der Waals surface area (Å²) in [6.45, 7) is 6.13. The van der Waals surface area contributed by atoms with E-state index in [1.165, 1.54) is 32.9 Å². The highest BCUT2D eigenvalue weighted by Crippen LogP contribution is 2.30. The number of hydrogen-bond donors (Lipinski definition) is 1. The Morgan fingerprint density at radius 1 is 0.683 bits per heavy atom. The highest BCUT2D eigenvalue weighted by molar-refractivity contribution is 7.92. The average molecular weight is 592 g/mol. The minimum absolute atomic E-state index is 0.0132. The zero-order valence-electron chi connectivity index (χ0n) is 23.2. The van der Waals surface area contributed by atoms with Crippen LogP contribution in [0.25, 0.3) is 0 Å². The maximum atomic E-state index is 14.0. The van der Waals surface area contributed by atoms with Crippen molar-refractivity contribution < 1.29 is 21.6 Å². The van der Waals surface area contributed by atoms with Crippen LogP contribution in [0.3, 0.4) is 0 Å². The number of benzene rings is 4. The first-order chi connectivity index (χ1) is 19.6. The summed E-state index contributed by atoms with van der Waals surface area (Å²) in [6, 6.07) is 28.2. The van der Waals surface area contributed by atoms with E-state index < -0.39 is 26.0 Å². The molecule has 10 heteroatoms. The van der Waals surface area contributed by atoms with Gasteiger partial charge in [0.15, 0.2) is 0 Å². The van der Waals surface area contributed by atoms with Crippen LogP contribution in [0.4, 0.5) is 11.4 Å². The predicted octanol–water partition coefficient (Wildman–Crippen LogP) is 5.67. The molecule has 0 heterocycles. The number of nitrogens with zero attached hydrogens (tertiary/aromatic N) is 2. The van der Waals surface area contributed by atoms with Crippen LogP contribution in [-0.4, -0.2) is 40.1 Å². The van der Waals surface area contributed by atoms with Gasteiger partial charge in [0.25, 0.3) is 15.9 Å². The van der Waals surface area contributed by atoms with Crippen molar-refractivity contribution in [1.29, 1.82) is 0 Å². The third-order valence-corrected chi connectivity index (χ3v) is 10.5. The molecule has 0 saturated heterocycles. The molecule has 1 amide bonds. The standard InChI is InChI=1S/C31H33N3O5S2/c1-4-33(5-2)40(36,37)27-21-17-26(18-22-27)32-31(35)29-13-9-10-14-30(29)34(23-25-11-7-6-8-12-25)41(38,39)28-19-15-24(3)16-20-28/h6-22H,4-5,23H2,1-3H3,(H,32,35). The summed E-state index contributed by atoms with van der Waals surface area (Å²) >= 11 is 0. The molecule has 4 rings (SSSR count). The number of amides is 1. The van der Waals surface area contributed by atoms with Gasteiger partial charge < -0.3 is 5.32 Å². The molecule has 0 aliphatic carbocycles. The molecular weight excluding hydrogens is 558 g/mol. The van der Waals surface area contributed by atoms with Gasteiger partial charge in [-0.1, -0.05) is 74.0 Å². The van der Waals surface area contributed by atoms with Crippen LogP contribution in [0.1, 0.15) is 35.3 Å². The molecule has 0 bridgehead atoms. The number of para-hydroxylation sites is 1. The third-order valence-electron chi connectivity index (χ3n) is 6.65. The fourth-order valence-corrected chi connectivity index (χ4v) is 7.32.